The predicted octanol–water partition coefficient (Wildman–Crippen LogP) is 3.36. The minimum atomic E-state index is -3.93. The standard InChI is InChI=1S/C14H13Cl2NO6S2/c1-22-4-5-23-14(19)9-3-2-8(6-11(9)18)17-25(20,21)12-7-10(15)13(16)24-12/h2-3,6-7,17-18H,4-5H2,1H3. The molecule has 11 heteroatoms. The summed E-state index contributed by atoms with van der Waals surface area (Å²) in [6.45, 7) is 0.249. The Hall–Kier alpha value is -1.52. The lowest BCUT2D eigenvalue weighted by molar-refractivity contribution is 0.0385. The van der Waals surface area contributed by atoms with Gasteiger partial charge in [0.1, 0.15) is 26.5 Å². The molecular formula is C14H13Cl2NO6S2. The van der Waals surface area contributed by atoms with Crippen molar-refractivity contribution in [2.75, 3.05) is 25.0 Å². The van der Waals surface area contributed by atoms with Crippen LogP contribution in [-0.4, -0.2) is 39.8 Å². The van der Waals surface area contributed by atoms with Crippen molar-refractivity contribution < 1.29 is 27.8 Å². The number of carbonyl (C=O) groups excluding carboxylic acids is 1. The minimum absolute atomic E-state index is 0.0308. The van der Waals surface area contributed by atoms with Crippen LogP contribution in [0.25, 0.3) is 0 Å². The molecule has 2 N–H and O–H groups in total. The van der Waals surface area contributed by atoms with E-state index < -0.39 is 21.7 Å². The van der Waals surface area contributed by atoms with Crippen LogP contribution in [0.15, 0.2) is 28.5 Å². The first-order chi connectivity index (χ1) is 11.7. The van der Waals surface area contributed by atoms with Crippen molar-refractivity contribution >= 4 is 56.2 Å². The molecule has 0 aliphatic rings. The van der Waals surface area contributed by atoms with Crippen LogP contribution >= 0.6 is 34.5 Å². The maximum absolute atomic E-state index is 12.3. The largest absolute Gasteiger partial charge is 0.507 e. The summed E-state index contributed by atoms with van der Waals surface area (Å²) in [5, 5.41) is 10.1. The van der Waals surface area contributed by atoms with Gasteiger partial charge in [0, 0.05) is 13.2 Å². The fraction of sp³-hybridized carbons (Fsp3) is 0.214. The number of aromatic hydroxyl groups is 1. The highest BCUT2D eigenvalue weighted by Gasteiger charge is 2.20. The summed E-state index contributed by atoms with van der Waals surface area (Å²) >= 11 is 12.3. The number of benzene rings is 1. The van der Waals surface area contributed by atoms with E-state index in [4.69, 9.17) is 32.7 Å². The Morgan fingerprint density at radius 3 is 2.56 bits per heavy atom. The minimum Gasteiger partial charge on any atom is -0.507 e. The number of ether oxygens (including phenoxy) is 2. The summed E-state index contributed by atoms with van der Waals surface area (Å²) in [4.78, 5) is 11.8. The molecular weight excluding hydrogens is 413 g/mol. The second kappa shape index (κ2) is 8.24. The molecule has 25 heavy (non-hydrogen) atoms. The van der Waals surface area contributed by atoms with Crippen molar-refractivity contribution in [2.24, 2.45) is 0 Å². The zero-order chi connectivity index (χ0) is 18.6. The number of halogens is 2. The summed E-state index contributed by atoms with van der Waals surface area (Å²) < 4.78 is 36.5. The molecule has 1 heterocycles. The predicted molar refractivity (Wildman–Crippen MR) is 95.4 cm³/mol. The fourth-order valence-electron chi connectivity index (χ4n) is 1.73. The van der Waals surface area contributed by atoms with Crippen LogP contribution in [0, 0.1) is 0 Å². The Morgan fingerprint density at radius 1 is 1.28 bits per heavy atom. The highest BCUT2D eigenvalue weighted by Crippen LogP contribution is 2.35. The summed E-state index contributed by atoms with van der Waals surface area (Å²) in [6.07, 6.45) is 0. The van der Waals surface area contributed by atoms with Crippen molar-refractivity contribution in [2.45, 2.75) is 4.21 Å². The van der Waals surface area contributed by atoms with Crippen LogP contribution in [-0.2, 0) is 19.5 Å². The Bertz CT molecular complexity index is 862. The molecule has 0 saturated heterocycles. The van der Waals surface area contributed by atoms with Gasteiger partial charge >= 0.3 is 5.97 Å². The topological polar surface area (TPSA) is 102 Å². The van der Waals surface area contributed by atoms with Gasteiger partial charge in [-0.3, -0.25) is 4.72 Å². The fourth-order valence-corrected chi connectivity index (χ4v) is 4.66. The lowest BCUT2D eigenvalue weighted by Crippen LogP contribution is -2.12. The van der Waals surface area contributed by atoms with Gasteiger partial charge in [-0.1, -0.05) is 23.2 Å². The van der Waals surface area contributed by atoms with Crippen LogP contribution in [0.1, 0.15) is 10.4 Å². The van der Waals surface area contributed by atoms with Crippen molar-refractivity contribution in [1.29, 1.82) is 0 Å². The SMILES string of the molecule is COCCOC(=O)c1ccc(NS(=O)(=O)c2cc(Cl)c(Cl)s2)cc1O. The van der Waals surface area contributed by atoms with Crippen molar-refractivity contribution in [3.63, 3.8) is 0 Å². The van der Waals surface area contributed by atoms with E-state index in [-0.39, 0.29) is 38.0 Å². The third kappa shape index (κ3) is 4.99. The average molecular weight is 426 g/mol. The molecule has 7 nitrogen and oxygen atoms in total. The molecule has 0 saturated carbocycles. The Balaban J connectivity index is 2.16. The molecule has 0 bridgehead atoms. The van der Waals surface area contributed by atoms with E-state index in [1.165, 1.54) is 25.3 Å². The van der Waals surface area contributed by atoms with Gasteiger partial charge in [0.2, 0.25) is 0 Å². The monoisotopic (exact) mass is 425 g/mol. The number of nitrogens with one attached hydrogen (secondary N) is 1. The molecule has 136 valence electrons. The van der Waals surface area contributed by atoms with E-state index in [2.05, 4.69) is 4.72 Å². The molecule has 0 aliphatic heterocycles. The van der Waals surface area contributed by atoms with E-state index in [1.807, 2.05) is 0 Å². The Labute approximate surface area is 158 Å². The van der Waals surface area contributed by atoms with Gasteiger partial charge in [-0.15, -0.1) is 11.3 Å². The molecule has 0 spiro atoms. The zero-order valence-electron chi connectivity index (χ0n) is 12.8. The normalized spacial score (nSPS) is 11.3. The van der Waals surface area contributed by atoms with E-state index in [0.29, 0.717) is 0 Å². The third-order valence-electron chi connectivity index (χ3n) is 2.88. The summed E-state index contributed by atoms with van der Waals surface area (Å²) in [5.74, 6) is -1.18. The van der Waals surface area contributed by atoms with Crippen LogP contribution in [0.5, 0.6) is 5.75 Å². The first-order valence-electron chi connectivity index (χ1n) is 6.71. The molecule has 2 aromatic rings. The van der Waals surface area contributed by atoms with Crippen LogP contribution in [0.2, 0.25) is 9.36 Å². The van der Waals surface area contributed by atoms with Gasteiger partial charge in [0.05, 0.1) is 17.3 Å². The van der Waals surface area contributed by atoms with Gasteiger partial charge in [0.25, 0.3) is 10.0 Å². The Kier molecular flexibility index (Phi) is 6.53. The number of thiophene rings is 1. The molecule has 0 fully saturated rings. The number of methoxy groups -OCH3 is 1. The van der Waals surface area contributed by atoms with Gasteiger partial charge in [-0.25, -0.2) is 13.2 Å². The van der Waals surface area contributed by atoms with Crippen LogP contribution < -0.4 is 4.72 Å². The number of phenolic OH excluding ortho intramolecular Hbond substituents is 1. The molecule has 0 aliphatic carbocycles. The van der Waals surface area contributed by atoms with Crippen LogP contribution in [0.4, 0.5) is 5.69 Å². The zero-order valence-corrected chi connectivity index (χ0v) is 15.9. The van der Waals surface area contributed by atoms with Crippen molar-refractivity contribution in [3.05, 3.63) is 39.2 Å². The number of hydrogen-bond donors (Lipinski definition) is 2. The lowest BCUT2D eigenvalue weighted by atomic mass is 10.2. The van der Waals surface area contributed by atoms with Crippen molar-refractivity contribution in [1.82, 2.24) is 0 Å². The van der Waals surface area contributed by atoms with E-state index in [0.717, 1.165) is 17.4 Å². The second-order valence-electron chi connectivity index (χ2n) is 4.65. The Morgan fingerprint density at radius 2 is 2.00 bits per heavy atom. The van der Waals surface area contributed by atoms with Gasteiger partial charge in [-0.05, 0) is 18.2 Å². The maximum Gasteiger partial charge on any atom is 0.341 e. The summed E-state index contributed by atoms with van der Waals surface area (Å²) in [5.41, 5.74) is -0.0344. The first-order valence-corrected chi connectivity index (χ1v) is 9.77. The molecule has 0 atom stereocenters. The van der Waals surface area contributed by atoms with E-state index >= 15 is 0 Å². The molecule has 2 rings (SSSR count). The smallest absolute Gasteiger partial charge is 0.341 e. The quantitative estimate of drug-likeness (QED) is 0.520. The number of sulfonamides is 1. The average Bonchev–Trinajstić information content (AvgIpc) is 2.87. The number of esters is 1. The molecule has 1 aromatic heterocycles. The highest BCUT2D eigenvalue weighted by molar-refractivity contribution is 7.94. The molecule has 0 unspecified atom stereocenters. The number of phenols is 1. The number of anilines is 1. The van der Waals surface area contributed by atoms with Gasteiger partial charge < -0.3 is 14.6 Å². The number of rotatable bonds is 7. The number of hydrogen-bond acceptors (Lipinski definition) is 7. The summed E-state index contributed by atoms with van der Waals surface area (Å²) in [6, 6.07) is 4.89. The third-order valence-corrected chi connectivity index (χ3v) is 6.60. The van der Waals surface area contributed by atoms with Crippen LogP contribution in [0.3, 0.4) is 0 Å². The molecule has 0 amide bonds. The molecule has 1 aromatic carbocycles. The number of carbonyl (C=O) groups is 1. The second-order valence-corrected chi connectivity index (χ2v) is 8.62. The lowest BCUT2D eigenvalue weighted by Gasteiger charge is -2.09. The van der Waals surface area contributed by atoms with Gasteiger partial charge in [-0.2, -0.15) is 0 Å². The van der Waals surface area contributed by atoms with E-state index in [1.54, 1.807) is 0 Å². The van der Waals surface area contributed by atoms with E-state index in [9.17, 15) is 18.3 Å². The maximum atomic E-state index is 12.3. The van der Waals surface area contributed by atoms with Crippen molar-refractivity contribution in [3.8, 4) is 5.75 Å². The molecule has 0 radical (unpaired) electrons. The first kappa shape index (κ1) is 19.8. The highest BCUT2D eigenvalue weighted by atomic mass is 35.5. The summed E-state index contributed by atoms with van der Waals surface area (Å²) in [7, 11) is -2.47. The van der Waals surface area contributed by atoms with Gasteiger partial charge in [0.15, 0.2) is 0 Å².